The highest BCUT2D eigenvalue weighted by Crippen LogP contribution is 2.34. The van der Waals surface area contributed by atoms with Crippen LogP contribution in [-0.2, 0) is 16.1 Å². The number of aliphatic imine (C=N–C) groups is 1. The molecule has 1 heterocycles. The average molecular weight is 438 g/mol. The number of hydrogen-bond donors (Lipinski definition) is 0. The minimum absolute atomic E-state index is 0.0417. The van der Waals surface area contributed by atoms with Crippen LogP contribution in [0.4, 0.5) is 4.39 Å². The van der Waals surface area contributed by atoms with Gasteiger partial charge in [0.2, 0.25) is 5.90 Å². The first kappa shape index (κ1) is 20.6. The van der Waals surface area contributed by atoms with E-state index in [0.29, 0.717) is 27.6 Å². The second-order valence-electron chi connectivity index (χ2n) is 6.64. The smallest absolute Gasteiger partial charge is 0.363 e. The van der Waals surface area contributed by atoms with Crippen molar-refractivity contribution >= 4 is 29.5 Å². The molecule has 0 saturated heterocycles. The fraction of sp³-hybridized carbons (Fsp3) is 0.0833. The van der Waals surface area contributed by atoms with E-state index in [1.165, 1.54) is 25.3 Å². The number of ether oxygens (including phenoxy) is 3. The fourth-order valence-electron chi connectivity index (χ4n) is 3.05. The molecule has 4 rings (SSSR count). The van der Waals surface area contributed by atoms with E-state index in [1.807, 2.05) is 12.1 Å². The van der Waals surface area contributed by atoms with Crippen LogP contribution < -0.4 is 9.47 Å². The van der Waals surface area contributed by atoms with E-state index in [2.05, 4.69) is 4.99 Å². The van der Waals surface area contributed by atoms with Crippen LogP contribution in [0, 0.1) is 5.82 Å². The van der Waals surface area contributed by atoms with Crippen molar-refractivity contribution < 1.29 is 23.4 Å². The average Bonchev–Trinajstić information content (AvgIpc) is 3.13. The molecule has 0 fully saturated rings. The van der Waals surface area contributed by atoms with Crippen molar-refractivity contribution in [2.45, 2.75) is 6.61 Å². The molecule has 0 N–H and O–H groups in total. The summed E-state index contributed by atoms with van der Waals surface area (Å²) >= 11 is 6.04. The van der Waals surface area contributed by atoms with Crippen molar-refractivity contribution in [3.8, 4) is 11.5 Å². The number of para-hydroxylation sites is 1. The topological polar surface area (TPSA) is 57.1 Å². The molecule has 156 valence electrons. The summed E-state index contributed by atoms with van der Waals surface area (Å²) in [5, 5.41) is 0.608. The monoisotopic (exact) mass is 437 g/mol. The van der Waals surface area contributed by atoms with Gasteiger partial charge in [-0.05, 0) is 48.0 Å². The molecule has 31 heavy (non-hydrogen) atoms. The number of rotatable bonds is 6. The van der Waals surface area contributed by atoms with Gasteiger partial charge in [-0.1, -0.05) is 41.9 Å². The highest BCUT2D eigenvalue weighted by molar-refractivity contribution is 6.30. The summed E-state index contributed by atoms with van der Waals surface area (Å²) < 4.78 is 30.1. The number of halogens is 2. The number of cyclic esters (lactones) is 1. The Morgan fingerprint density at radius 3 is 2.68 bits per heavy atom. The van der Waals surface area contributed by atoms with E-state index in [9.17, 15) is 9.18 Å². The van der Waals surface area contributed by atoms with Gasteiger partial charge in [0.05, 0.1) is 7.11 Å². The summed E-state index contributed by atoms with van der Waals surface area (Å²) in [4.78, 5) is 16.6. The molecule has 3 aromatic carbocycles. The van der Waals surface area contributed by atoms with E-state index >= 15 is 0 Å². The maximum absolute atomic E-state index is 13.5. The van der Waals surface area contributed by atoms with Crippen LogP contribution in [0.1, 0.15) is 16.7 Å². The summed E-state index contributed by atoms with van der Waals surface area (Å²) in [6.07, 6.45) is 1.55. The summed E-state index contributed by atoms with van der Waals surface area (Å²) in [6.45, 7) is 0.249. The molecule has 0 atom stereocenters. The van der Waals surface area contributed by atoms with E-state index in [4.69, 9.17) is 25.8 Å². The maximum Gasteiger partial charge on any atom is 0.363 e. The van der Waals surface area contributed by atoms with E-state index < -0.39 is 11.8 Å². The molecule has 1 aliphatic rings. The second-order valence-corrected chi connectivity index (χ2v) is 7.08. The molecule has 1 aliphatic heterocycles. The molecular weight excluding hydrogens is 421 g/mol. The van der Waals surface area contributed by atoms with E-state index in [1.54, 1.807) is 42.5 Å². The van der Waals surface area contributed by atoms with Gasteiger partial charge < -0.3 is 14.2 Å². The van der Waals surface area contributed by atoms with Crippen molar-refractivity contribution in [1.29, 1.82) is 0 Å². The van der Waals surface area contributed by atoms with Gasteiger partial charge in [0.1, 0.15) is 12.4 Å². The Morgan fingerprint density at radius 1 is 1.10 bits per heavy atom. The molecule has 0 bridgehead atoms. The minimum atomic E-state index is -0.636. The predicted molar refractivity (Wildman–Crippen MR) is 116 cm³/mol. The van der Waals surface area contributed by atoms with E-state index in [-0.39, 0.29) is 18.2 Å². The molecule has 0 saturated carbocycles. The van der Waals surface area contributed by atoms with Crippen LogP contribution in [0.25, 0.3) is 6.08 Å². The lowest BCUT2D eigenvalue weighted by Gasteiger charge is -2.13. The standard InChI is InChI=1S/C24H17ClFNO4/c1-29-21-10-4-6-16(22(21)30-14-15-5-2-8-18(25)11-15)13-20-24(28)31-23(27-20)17-7-3-9-19(26)12-17/h2-13H,14H2,1H3/b20-13-. The van der Waals surface area contributed by atoms with Gasteiger partial charge in [0.15, 0.2) is 17.2 Å². The highest BCUT2D eigenvalue weighted by atomic mass is 35.5. The van der Waals surface area contributed by atoms with Crippen LogP contribution in [0.5, 0.6) is 11.5 Å². The van der Waals surface area contributed by atoms with Crippen molar-refractivity contribution in [1.82, 2.24) is 0 Å². The Balaban J connectivity index is 1.66. The maximum atomic E-state index is 13.5. The van der Waals surface area contributed by atoms with Crippen LogP contribution in [0.3, 0.4) is 0 Å². The normalized spacial score (nSPS) is 14.4. The van der Waals surface area contributed by atoms with Gasteiger partial charge in [0, 0.05) is 16.1 Å². The third-order valence-corrected chi connectivity index (χ3v) is 4.72. The third kappa shape index (κ3) is 4.75. The zero-order valence-corrected chi connectivity index (χ0v) is 17.2. The Kier molecular flexibility index (Phi) is 6.00. The van der Waals surface area contributed by atoms with Gasteiger partial charge in [-0.2, -0.15) is 0 Å². The summed E-state index contributed by atoms with van der Waals surface area (Å²) in [5.74, 6) is -0.0992. The van der Waals surface area contributed by atoms with Gasteiger partial charge in [-0.15, -0.1) is 0 Å². The number of carbonyl (C=O) groups is 1. The number of carbonyl (C=O) groups excluding carboxylic acids is 1. The zero-order chi connectivity index (χ0) is 21.8. The SMILES string of the molecule is COc1cccc(/C=C2\N=C(c3cccc(F)c3)OC2=O)c1OCc1cccc(Cl)c1. The number of esters is 1. The lowest BCUT2D eigenvalue weighted by molar-refractivity contribution is -0.129. The van der Waals surface area contributed by atoms with Crippen molar-refractivity contribution in [2.24, 2.45) is 4.99 Å². The lowest BCUT2D eigenvalue weighted by atomic mass is 10.1. The molecule has 0 aromatic heterocycles. The molecule has 0 unspecified atom stereocenters. The summed E-state index contributed by atoms with van der Waals surface area (Å²) in [7, 11) is 1.53. The largest absolute Gasteiger partial charge is 0.493 e. The second kappa shape index (κ2) is 9.02. The van der Waals surface area contributed by atoms with Crippen molar-refractivity contribution in [3.05, 3.63) is 100.0 Å². The van der Waals surface area contributed by atoms with Crippen LogP contribution in [0.2, 0.25) is 5.02 Å². The van der Waals surface area contributed by atoms with E-state index in [0.717, 1.165) is 5.56 Å². The molecule has 0 spiro atoms. The van der Waals surface area contributed by atoms with Crippen molar-refractivity contribution in [3.63, 3.8) is 0 Å². The Labute approximate surface area is 183 Å². The predicted octanol–water partition coefficient (Wildman–Crippen LogP) is 5.41. The molecule has 7 heteroatoms. The summed E-state index contributed by atoms with van der Waals surface area (Å²) in [5.41, 5.74) is 1.90. The third-order valence-electron chi connectivity index (χ3n) is 4.49. The first-order valence-electron chi connectivity index (χ1n) is 9.36. The van der Waals surface area contributed by atoms with Gasteiger partial charge in [0.25, 0.3) is 0 Å². The lowest BCUT2D eigenvalue weighted by Crippen LogP contribution is -2.05. The Bertz CT molecular complexity index is 1210. The van der Waals surface area contributed by atoms with Gasteiger partial charge >= 0.3 is 5.97 Å². The van der Waals surface area contributed by atoms with Gasteiger partial charge in [-0.3, -0.25) is 0 Å². The molecule has 3 aromatic rings. The number of nitrogens with zero attached hydrogens (tertiary/aromatic N) is 1. The van der Waals surface area contributed by atoms with Gasteiger partial charge in [-0.25, -0.2) is 14.2 Å². The Hall–Kier alpha value is -3.64. The number of methoxy groups -OCH3 is 1. The molecular formula is C24H17ClFNO4. The van der Waals surface area contributed by atoms with Crippen LogP contribution in [0.15, 0.2) is 77.4 Å². The minimum Gasteiger partial charge on any atom is -0.493 e. The summed E-state index contributed by atoms with van der Waals surface area (Å²) in [6, 6.07) is 18.3. The molecule has 0 radical (unpaired) electrons. The van der Waals surface area contributed by atoms with Crippen molar-refractivity contribution in [2.75, 3.05) is 7.11 Å². The quantitative estimate of drug-likeness (QED) is 0.382. The molecule has 5 nitrogen and oxygen atoms in total. The molecule has 0 amide bonds. The highest BCUT2D eigenvalue weighted by Gasteiger charge is 2.25. The first-order valence-corrected chi connectivity index (χ1v) is 9.74. The number of hydrogen-bond acceptors (Lipinski definition) is 5. The fourth-order valence-corrected chi connectivity index (χ4v) is 3.26. The number of benzene rings is 3. The zero-order valence-electron chi connectivity index (χ0n) is 16.5. The Morgan fingerprint density at radius 2 is 1.90 bits per heavy atom. The molecule has 0 aliphatic carbocycles. The first-order chi connectivity index (χ1) is 15.0. The van der Waals surface area contributed by atoms with Crippen LogP contribution >= 0.6 is 11.6 Å². The van der Waals surface area contributed by atoms with Crippen LogP contribution in [-0.4, -0.2) is 19.0 Å².